The van der Waals surface area contributed by atoms with Gasteiger partial charge < -0.3 is 90.5 Å². The Bertz CT molecular complexity index is 6630. The molecular formula is C94H83F19N14O8S2. The number of aromatic hydroxyl groups is 2. The van der Waals surface area contributed by atoms with Crippen LogP contribution in [0.1, 0.15) is 62.6 Å². The number of phenols is 2. The molecule has 0 heterocycles. The molecule has 0 spiro atoms. The summed E-state index contributed by atoms with van der Waals surface area (Å²) in [5.74, 6) is -19.7. The van der Waals surface area contributed by atoms with Gasteiger partial charge in [-0.25, -0.2) is 43.9 Å². The summed E-state index contributed by atoms with van der Waals surface area (Å²) in [7, 11) is -7.44. The Morgan fingerprint density at radius 3 is 0.883 bits per heavy atom. The van der Waals surface area contributed by atoms with Gasteiger partial charge in [0.05, 0.1) is 22.5 Å². The van der Waals surface area contributed by atoms with Crippen LogP contribution in [-0.4, -0.2) is 54.3 Å². The van der Waals surface area contributed by atoms with E-state index in [4.69, 9.17) is 92.9 Å². The second-order valence-electron chi connectivity index (χ2n) is 30.4. The fourth-order valence-corrected chi connectivity index (χ4v) is 14.4. The SMILES string of the molecule is CC(c1ccc(O)c(N)c1)(c1ccc(O)c(N)c1)C(F)(F)F.Cc1cc2c(cc1N)Cc1cc(N)c(C)cc1-2.Nc1c(F)c(F)c(-c2c(F)c(F)c(N)c(F)c2F)c(F)c1F.Nc1ccc(-c2ccc(N)cc2F)c(F)c1.Nc1ccc(-c2ccc(N)cc2S(=O)(=O)O)cc1.Nc1ccc(C(c2ccc(N)cc2)(C(F)(F)F)C(F)(F)F)cc1.Nc1ccc(Cc2ccc(N)cc2)cc1.O=S(=O)=O. The smallest absolute Gasteiger partial charge is 0.425 e. The molecule has 15 rings (SSSR count). The van der Waals surface area contributed by atoms with E-state index < -0.39 is 142 Å². The molecule has 0 saturated carbocycles. The maximum Gasteiger partial charge on any atom is 0.425 e. The van der Waals surface area contributed by atoms with E-state index in [9.17, 15) is 107 Å². The van der Waals surface area contributed by atoms with Gasteiger partial charge in [-0.05, 0) is 264 Å². The molecule has 1 aliphatic carbocycles. The van der Waals surface area contributed by atoms with Gasteiger partial charge in [0.1, 0.15) is 44.8 Å². The van der Waals surface area contributed by atoms with Gasteiger partial charge in [-0.3, -0.25) is 4.55 Å². The Balaban J connectivity index is 0.000000196. The molecule has 31 N–H and O–H groups in total. The standard InChI is InChI=1S/C15H12F6N2.C15H15F3N2O2.C15H16N2.C13H14N2.C12H4F8N2.C12H10F2N2.C12H12N2O3S.O3S/c16-14(17,18)13(15(19,20)21,9-1-5-11(22)6-2-9)10-3-7-12(23)8-4-10;1-14(15(16,17)18,8-2-4-12(21)10(19)6-8)9-3-5-13(22)11(20)7-9;1-8-3-12-10(6-14(8)16)5-11-7-15(17)9(2)4-13(11)12;14-12-5-1-10(2-6-12)9-11-3-7-13(15)8-4-11;13-3-1(4(14)8(18)11(21)7(3)17)2-5(15)9(19)12(22)10(20)6(2)16;13-11-5-7(15)1-3-9(11)10-4-2-8(16)6-12(10)14;13-9-3-1-8(2-4-9)11-6-5-10(14)7-12(11)18(15,16)17;1-4(2)3/h1-8H,22-23H2;2-7,21-22H,19-20H2,1H3;3-4,6-7H,5,16-17H2,1-2H3;1-8H,9,14-15H2;21-22H2;1-6H,15-16H2;1-7H,13-14H2,(H,15,16,17);. The van der Waals surface area contributed by atoms with Crippen LogP contribution in [0.2, 0.25) is 0 Å². The summed E-state index contributed by atoms with van der Waals surface area (Å²) in [4.78, 5) is -0.215. The van der Waals surface area contributed by atoms with Crippen LogP contribution in [0.25, 0.3) is 44.5 Å². The number of rotatable bonds is 10. The molecule has 0 saturated heterocycles. The van der Waals surface area contributed by atoms with Crippen LogP contribution in [-0.2, 0) is 44.4 Å². The third kappa shape index (κ3) is 24.8. The number of hydrogen-bond donors (Lipinski definition) is 17. The average molecular weight is 1960 g/mol. The number of alkyl halides is 9. The normalized spacial score (nSPS) is 11.5. The number of hydrogen-bond acceptors (Lipinski definition) is 21. The molecule has 0 amide bonds. The summed E-state index contributed by atoms with van der Waals surface area (Å²) in [6.07, 6.45) is -14.0. The van der Waals surface area contributed by atoms with Crippen molar-refractivity contribution in [3.63, 3.8) is 0 Å². The van der Waals surface area contributed by atoms with E-state index in [2.05, 4.69) is 38.1 Å². The number of fused-ring (bicyclic) bond motifs is 3. The lowest BCUT2D eigenvalue weighted by Gasteiger charge is -2.38. The van der Waals surface area contributed by atoms with E-state index in [-0.39, 0.29) is 67.1 Å². The largest absolute Gasteiger partial charge is 0.506 e. The van der Waals surface area contributed by atoms with Crippen LogP contribution in [0.3, 0.4) is 0 Å². The monoisotopic (exact) mass is 1960 g/mol. The summed E-state index contributed by atoms with van der Waals surface area (Å²) in [6, 6.07) is 57.3. The van der Waals surface area contributed by atoms with Gasteiger partial charge in [0.25, 0.3) is 10.1 Å². The fraction of sp³-hybridized carbons (Fsp3) is 0.106. The van der Waals surface area contributed by atoms with Crippen molar-refractivity contribution >= 4 is 100 Å². The summed E-state index contributed by atoms with van der Waals surface area (Å²) in [5.41, 5.74) is 76.4. The van der Waals surface area contributed by atoms with E-state index in [1.807, 2.05) is 48.5 Å². The molecule has 137 heavy (non-hydrogen) atoms. The Kier molecular flexibility index (Phi) is 33.4. The molecule has 0 aromatic heterocycles. The summed E-state index contributed by atoms with van der Waals surface area (Å²) in [5, 5.41) is 18.8. The number of nitrogen functional groups attached to an aromatic ring is 14. The van der Waals surface area contributed by atoms with E-state index in [0.717, 1.165) is 151 Å². The number of halogens is 19. The van der Waals surface area contributed by atoms with Gasteiger partial charge >= 0.3 is 29.1 Å². The number of phenolic OH excluding ortho intramolecular Hbond substituents is 2. The molecule has 722 valence electrons. The highest BCUT2D eigenvalue weighted by Crippen LogP contribution is 2.57. The van der Waals surface area contributed by atoms with Gasteiger partial charge in [-0.1, -0.05) is 78.9 Å². The maximum atomic E-state index is 13.7. The molecule has 22 nitrogen and oxygen atoms in total. The lowest BCUT2D eigenvalue weighted by atomic mass is 9.73. The van der Waals surface area contributed by atoms with E-state index in [1.165, 1.54) is 63.7 Å². The zero-order valence-corrected chi connectivity index (χ0v) is 73.0. The number of nitrogens with two attached hydrogens (primary N) is 14. The zero-order chi connectivity index (χ0) is 103. The highest BCUT2D eigenvalue weighted by molar-refractivity contribution is 7.86. The Morgan fingerprint density at radius 2 is 0.599 bits per heavy atom. The van der Waals surface area contributed by atoms with Crippen LogP contribution >= 0.6 is 0 Å². The predicted molar refractivity (Wildman–Crippen MR) is 491 cm³/mol. The first-order chi connectivity index (χ1) is 63.7. The van der Waals surface area contributed by atoms with E-state index >= 15 is 0 Å². The van der Waals surface area contributed by atoms with E-state index in [1.54, 1.807) is 36.4 Å². The quantitative estimate of drug-likeness (QED) is 0.0199. The summed E-state index contributed by atoms with van der Waals surface area (Å²) in [6.45, 7) is 5.10. The Morgan fingerprint density at radius 1 is 0.321 bits per heavy atom. The number of anilines is 14. The van der Waals surface area contributed by atoms with Crippen LogP contribution in [0.15, 0.2) is 241 Å². The highest BCUT2D eigenvalue weighted by Gasteiger charge is 2.72. The second-order valence-corrected chi connectivity index (χ2v) is 32.2. The molecule has 0 atom stereocenters. The van der Waals surface area contributed by atoms with Crippen LogP contribution in [0.5, 0.6) is 11.5 Å². The number of aryl methyl sites for hydroxylation is 2. The van der Waals surface area contributed by atoms with Crippen molar-refractivity contribution in [2.45, 2.75) is 67.9 Å². The lowest BCUT2D eigenvalue weighted by Crippen LogP contribution is -2.54. The molecule has 0 bridgehead atoms. The topological polar surface area (TPSA) is 510 Å². The summed E-state index contributed by atoms with van der Waals surface area (Å²) < 4.78 is 315. The molecule has 43 heteroatoms. The Hall–Kier alpha value is -15.9. The minimum absolute atomic E-state index is 0.0595. The third-order valence-electron chi connectivity index (χ3n) is 21.0. The van der Waals surface area contributed by atoms with Crippen molar-refractivity contribution in [2.75, 3.05) is 80.3 Å². The minimum Gasteiger partial charge on any atom is -0.506 e. The van der Waals surface area contributed by atoms with Crippen molar-refractivity contribution in [1.29, 1.82) is 0 Å². The van der Waals surface area contributed by atoms with Crippen molar-refractivity contribution in [1.82, 2.24) is 0 Å². The van der Waals surface area contributed by atoms with Crippen molar-refractivity contribution in [3.05, 3.63) is 350 Å². The first-order valence-electron chi connectivity index (χ1n) is 39.1. The highest BCUT2D eigenvalue weighted by atomic mass is 32.2. The molecule has 0 radical (unpaired) electrons. The molecule has 0 aliphatic heterocycles. The maximum absolute atomic E-state index is 13.7. The van der Waals surface area contributed by atoms with Gasteiger partial charge in [0, 0.05) is 73.6 Å². The molecule has 1 aliphatic rings. The predicted octanol–water partition coefficient (Wildman–Crippen LogP) is 20.1. The van der Waals surface area contributed by atoms with Crippen molar-refractivity contribution in [2.24, 2.45) is 0 Å². The minimum atomic E-state index is -5.61. The summed E-state index contributed by atoms with van der Waals surface area (Å²) >= 11 is 0. The molecule has 14 aromatic carbocycles. The molecule has 14 aromatic rings. The number of benzene rings is 14. The zero-order valence-electron chi connectivity index (χ0n) is 71.4. The average Bonchev–Trinajstić information content (AvgIpc) is 1.28. The van der Waals surface area contributed by atoms with E-state index in [0.29, 0.717) is 28.2 Å². The van der Waals surface area contributed by atoms with Crippen LogP contribution in [0, 0.1) is 72.0 Å². The third-order valence-corrected chi connectivity index (χ3v) is 21.9. The lowest BCUT2D eigenvalue weighted by molar-refractivity contribution is -0.288. The van der Waals surface area contributed by atoms with Gasteiger partial charge in [0.2, 0.25) is 5.41 Å². The second kappa shape index (κ2) is 43.0. The van der Waals surface area contributed by atoms with Gasteiger partial charge in [-0.2, -0.15) is 47.9 Å². The first kappa shape index (κ1) is 106. The van der Waals surface area contributed by atoms with Crippen molar-refractivity contribution in [3.8, 4) is 56.0 Å². The first-order valence-corrected chi connectivity index (χ1v) is 41.5. The van der Waals surface area contributed by atoms with Crippen LogP contribution in [0.4, 0.5) is 163 Å². The van der Waals surface area contributed by atoms with Gasteiger partial charge in [0.15, 0.2) is 46.5 Å². The van der Waals surface area contributed by atoms with Crippen molar-refractivity contribution < 1.29 is 119 Å². The Labute approximate surface area is 770 Å². The molecule has 0 unspecified atom stereocenters. The molecule has 0 fully saturated rings. The molecular weight excluding hydrogens is 1880 g/mol. The van der Waals surface area contributed by atoms with Crippen LogP contribution < -0.4 is 80.3 Å². The van der Waals surface area contributed by atoms with Gasteiger partial charge in [-0.15, -0.1) is 12.6 Å². The fourth-order valence-electron chi connectivity index (χ4n) is 13.6.